The van der Waals surface area contributed by atoms with Crippen LogP contribution in [0.2, 0.25) is 0 Å². The largest absolute Gasteiger partial charge is 0.493 e. The van der Waals surface area contributed by atoms with E-state index < -0.39 is 0 Å². The molecule has 0 heterocycles. The minimum Gasteiger partial charge on any atom is -0.493 e. The first kappa shape index (κ1) is 10.5. The highest BCUT2D eigenvalue weighted by molar-refractivity contribution is 5.96. The summed E-state index contributed by atoms with van der Waals surface area (Å²) in [6, 6.07) is 4.61. The molecule has 0 bridgehead atoms. The van der Waals surface area contributed by atoms with Crippen molar-refractivity contribution in [3.63, 3.8) is 0 Å². The van der Waals surface area contributed by atoms with Gasteiger partial charge in [-0.2, -0.15) is 0 Å². The molecule has 76 valence electrons. The Hall–Kier alpha value is -1.55. The van der Waals surface area contributed by atoms with Gasteiger partial charge in [0.05, 0.1) is 7.11 Å². The number of methoxy groups -OCH3 is 1. The van der Waals surface area contributed by atoms with Crippen LogP contribution < -0.4 is 9.62 Å². The molecule has 1 rings (SSSR count). The van der Waals surface area contributed by atoms with E-state index in [2.05, 4.69) is 4.89 Å². The van der Waals surface area contributed by atoms with Crippen molar-refractivity contribution in [3.8, 4) is 11.5 Å². The number of ether oxygens (including phenoxy) is 1. The second-order valence-corrected chi connectivity index (χ2v) is 2.73. The molecule has 0 spiro atoms. The molecule has 4 heteroatoms. The fourth-order valence-electron chi connectivity index (χ4n) is 1.12. The molecule has 0 aliphatic heterocycles. The number of ketones is 1. The molecule has 0 unspecified atom stereocenters. The molecule has 0 atom stereocenters. The first-order chi connectivity index (χ1) is 6.72. The lowest BCUT2D eigenvalue weighted by atomic mass is 10.1. The molecular formula is C10H12O4. The highest BCUT2D eigenvalue weighted by Crippen LogP contribution is 2.27. The summed E-state index contributed by atoms with van der Waals surface area (Å²) >= 11 is 0. The Kier molecular flexibility index (Phi) is 3.48. The molecular weight excluding hydrogens is 184 g/mol. The fourth-order valence-corrected chi connectivity index (χ4v) is 1.12. The fraction of sp³-hybridized carbons (Fsp3) is 0.300. The Bertz CT molecular complexity index is 333. The molecule has 1 N–H and O–H groups in total. The monoisotopic (exact) mass is 196 g/mol. The van der Waals surface area contributed by atoms with Crippen LogP contribution in [0.3, 0.4) is 0 Å². The van der Waals surface area contributed by atoms with Gasteiger partial charge < -0.3 is 9.62 Å². The molecule has 0 radical (unpaired) electrons. The lowest BCUT2D eigenvalue weighted by molar-refractivity contribution is -0.139. The Balaban J connectivity index is 3.07. The van der Waals surface area contributed by atoms with Crippen LogP contribution in [0.5, 0.6) is 11.5 Å². The van der Waals surface area contributed by atoms with Crippen molar-refractivity contribution in [2.75, 3.05) is 7.11 Å². The van der Waals surface area contributed by atoms with Gasteiger partial charge in [0, 0.05) is 12.0 Å². The predicted molar refractivity (Wildman–Crippen MR) is 50.9 cm³/mol. The van der Waals surface area contributed by atoms with Crippen molar-refractivity contribution < 1.29 is 19.7 Å². The zero-order chi connectivity index (χ0) is 10.6. The third kappa shape index (κ3) is 2.03. The average Bonchev–Trinajstić information content (AvgIpc) is 2.26. The summed E-state index contributed by atoms with van der Waals surface area (Å²) < 4.78 is 4.93. The van der Waals surface area contributed by atoms with Gasteiger partial charge in [-0.3, -0.25) is 4.79 Å². The quantitative estimate of drug-likeness (QED) is 0.455. The van der Waals surface area contributed by atoms with E-state index in [0.29, 0.717) is 17.7 Å². The number of Topliss-reactive ketones (excluding diaryl/α,β-unsaturated/α-hetero) is 1. The van der Waals surface area contributed by atoms with Crippen LogP contribution in [-0.4, -0.2) is 18.2 Å². The van der Waals surface area contributed by atoms with E-state index in [1.165, 1.54) is 19.2 Å². The lowest BCUT2D eigenvalue weighted by Crippen LogP contribution is -1.98. The summed E-state index contributed by atoms with van der Waals surface area (Å²) in [5, 5.41) is 8.47. The zero-order valence-electron chi connectivity index (χ0n) is 8.11. The summed E-state index contributed by atoms with van der Waals surface area (Å²) in [5.41, 5.74) is 0.546. The van der Waals surface area contributed by atoms with Gasteiger partial charge in [0.15, 0.2) is 11.5 Å². The number of carbonyl (C=O) groups is 1. The molecule has 0 aromatic heterocycles. The Morgan fingerprint density at radius 1 is 1.43 bits per heavy atom. The molecule has 0 fully saturated rings. The average molecular weight is 196 g/mol. The molecule has 0 saturated heterocycles. The Morgan fingerprint density at radius 3 is 2.64 bits per heavy atom. The van der Waals surface area contributed by atoms with Crippen LogP contribution in [-0.2, 0) is 0 Å². The molecule has 1 aromatic carbocycles. The van der Waals surface area contributed by atoms with E-state index in [9.17, 15) is 4.79 Å². The number of benzene rings is 1. The van der Waals surface area contributed by atoms with Crippen molar-refractivity contribution in [1.82, 2.24) is 0 Å². The third-order valence-electron chi connectivity index (χ3n) is 1.91. The van der Waals surface area contributed by atoms with E-state index in [1.807, 2.05) is 0 Å². The smallest absolute Gasteiger partial charge is 0.206 e. The van der Waals surface area contributed by atoms with Gasteiger partial charge in [-0.15, -0.1) is 0 Å². The maximum Gasteiger partial charge on any atom is 0.206 e. The minimum absolute atomic E-state index is 0.0211. The summed E-state index contributed by atoms with van der Waals surface area (Å²) in [6.45, 7) is 1.78. The van der Waals surface area contributed by atoms with E-state index in [0.717, 1.165) is 0 Å². The van der Waals surface area contributed by atoms with E-state index in [-0.39, 0.29) is 11.5 Å². The highest BCUT2D eigenvalue weighted by atomic mass is 17.1. The van der Waals surface area contributed by atoms with Gasteiger partial charge in [-0.1, -0.05) is 6.92 Å². The first-order valence-corrected chi connectivity index (χ1v) is 4.25. The summed E-state index contributed by atoms with van der Waals surface area (Å²) in [5.74, 6) is 0.555. The first-order valence-electron chi connectivity index (χ1n) is 4.25. The van der Waals surface area contributed by atoms with Crippen LogP contribution in [0.15, 0.2) is 18.2 Å². The SMILES string of the molecule is CCC(=O)c1ccc(OO)c(OC)c1. The molecule has 1 aromatic rings. The summed E-state index contributed by atoms with van der Waals surface area (Å²) in [7, 11) is 1.44. The van der Waals surface area contributed by atoms with E-state index >= 15 is 0 Å². The Labute approximate surface area is 82.0 Å². The van der Waals surface area contributed by atoms with Crippen LogP contribution in [0.25, 0.3) is 0 Å². The van der Waals surface area contributed by atoms with Crippen LogP contribution in [0, 0.1) is 0 Å². The minimum atomic E-state index is 0.0211. The van der Waals surface area contributed by atoms with Gasteiger partial charge in [-0.25, -0.2) is 5.26 Å². The molecule has 0 aliphatic rings. The standard InChI is InChI=1S/C10H12O4/c1-3-8(11)7-4-5-9(14-12)10(6-7)13-2/h4-6,12H,3H2,1-2H3. The molecule has 0 saturated carbocycles. The Morgan fingerprint density at radius 2 is 2.14 bits per heavy atom. The second kappa shape index (κ2) is 4.62. The van der Waals surface area contributed by atoms with Crippen molar-refractivity contribution in [2.45, 2.75) is 13.3 Å². The van der Waals surface area contributed by atoms with Crippen molar-refractivity contribution in [2.24, 2.45) is 0 Å². The topological polar surface area (TPSA) is 55.8 Å². The number of hydrogen-bond acceptors (Lipinski definition) is 4. The maximum absolute atomic E-state index is 11.3. The van der Waals surface area contributed by atoms with E-state index in [1.54, 1.807) is 13.0 Å². The molecule has 0 aliphatic carbocycles. The van der Waals surface area contributed by atoms with E-state index in [4.69, 9.17) is 9.99 Å². The van der Waals surface area contributed by atoms with Crippen molar-refractivity contribution in [3.05, 3.63) is 23.8 Å². The van der Waals surface area contributed by atoms with Gasteiger partial charge in [0.2, 0.25) is 5.75 Å². The van der Waals surface area contributed by atoms with Gasteiger partial charge >= 0.3 is 0 Å². The summed E-state index contributed by atoms with van der Waals surface area (Å²) in [6.07, 6.45) is 0.433. The van der Waals surface area contributed by atoms with Crippen molar-refractivity contribution in [1.29, 1.82) is 0 Å². The zero-order valence-corrected chi connectivity index (χ0v) is 8.11. The van der Waals surface area contributed by atoms with Gasteiger partial charge in [-0.05, 0) is 18.2 Å². The number of rotatable bonds is 4. The second-order valence-electron chi connectivity index (χ2n) is 2.73. The maximum atomic E-state index is 11.3. The highest BCUT2D eigenvalue weighted by Gasteiger charge is 2.09. The molecule has 4 nitrogen and oxygen atoms in total. The molecule has 14 heavy (non-hydrogen) atoms. The normalized spacial score (nSPS) is 9.64. The third-order valence-corrected chi connectivity index (χ3v) is 1.91. The number of hydrogen-bond donors (Lipinski definition) is 1. The summed E-state index contributed by atoms with van der Waals surface area (Å²) in [4.78, 5) is 15.4. The van der Waals surface area contributed by atoms with Gasteiger partial charge in [0.1, 0.15) is 0 Å². The predicted octanol–water partition coefficient (Wildman–Crippen LogP) is 2.14. The van der Waals surface area contributed by atoms with Crippen LogP contribution >= 0.6 is 0 Å². The van der Waals surface area contributed by atoms with Crippen LogP contribution in [0.4, 0.5) is 0 Å². The lowest BCUT2D eigenvalue weighted by Gasteiger charge is -2.06. The van der Waals surface area contributed by atoms with Crippen LogP contribution in [0.1, 0.15) is 23.7 Å². The number of carbonyl (C=O) groups excluding carboxylic acids is 1. The van der Waals surface area contributed by atoms with Crippen molar-refractivity contribution >= 4 is 5.78 Å². The molecule has 0 amide bonds. The van der Waals surface area contributed by atoms with Gasteiger partial charge in [0.25, 0.3) is 0 Å².